The lowest BCUT2D eigenvalue weighted by Gasteiger charge is -2.32. The second-order valence-electron chi connectivity index (χ2n) is 3.85. The summed E-state index contributed by atoms with van der Waals surface area (Å²) in [6, 6.07) is -0.125. The molecule has 0 saturated heterocycles. The summed E-state index contributed by atoms with van der Waals surface area (Å²) in [5.41, 5.74) is 0.0794. The number of amides is 2. The number of carbonyl (C=O) groups is 1. The van der Waals surface area contributed by atoms with Crippen molar-refractivity contribution in [3.63, 3.8) is 0 Å². The highest BCUT2D eigenvalue weighted by Crippen LogP contribution is 2.18. The molecule has 15 heavy (non-hydrogen) atoms. The summed E-state index contributed by atoms with van der Waals surface area (Å²) in [5.74, 6) is 0. The fraction of sp³-hybridized carbons (Fsp3) is 0.900. The Morgan fingerprint density at radius 3 is 1.93 bits per heavy atom. The zero-order valence-corrected chi connectivity index (χ0v) is 10.2. The van der Waals surface area contributed by atoms with Crippen LogP contribution in [0.25, 0.3) is 0 Å². The number of urea groups is 1. The van der Waals surface area contributed by atoms with E-state index in [0.717, 1.165) is 19.5 Å². The molecular weight excluding hydrogens is 192 g/mol. The predicted octanol–water partition coefficient (Wildman–Crippen LogP) is -0.249. The van der Waals surface area contributed by atoms with E-state index in [-0.39, 0.29) is 11.4 Å². The van der Waals surface area contributed by atoms with Gasteiger partial charge in [-0.2, -0.15) is 0 Å². The predicted molar refractivity (Wildman–Crippen MR) is 63.0 cm³/mol. The third kappa shape index (κ3) is 4.99. The third-order valence-electron chi connectivity index (χ3n) is 2.70. The Morgan fingerprint density at radius 2 is 1.60 bits per heavy atom. The van der Waals surface area contributed by atoms with E-state index in [2.05, 4.69) is 28.2 Å². The molecule has 0 aromatic heterocycles. The van der Waals surface area contributed by atoms with Gasteiger partial charge in [-0.15, -0.1) is 0 Å². The van der Waals surface area contributed by atoms with E-state index in [1.807, 2.05) is 14.1 Å². The fourth-order valence-corrected chi connectivity index (χ4v) is 1.67. The molecule has 0 aromatic carbocycles. The smallest absolute Gasteiger partial charge is 0.314 e. The van der Waals surface area contributed by atoms with Crippen LogP contribution in [0.15, 0.2) is 0 Å². The van der Waals surface area contributed by atoms with Crippen LogP contribution in [-0.2, 0) is 0 Å². The zero-order valence-electron chi connectivity index (χ0n) is 10.2. The summed E-state index contributed by atoms with van der Waals surface area (Å²) < 4.78 is 0. The molecule has 0 aliphatic rings. The fourth-order valence-electron chi connectivity index (χ4n) is 1.67. The van der Waals surface area contributed by atoms with Crippen LogP contribution in [0.2, 0.25) is 0 Å². The van der Waals surface area contributed by atoms with E-state index < -0.39 is 0 Å². The molecule has 0 heterocycles. The van der Waals surface area contributed by atoms with Gasteiger partial charge in [0, 0.05) is 32.1 Å². The Hall–Kier alpha value is -0.810. The monoisotopic (exact) mass is 216 g/mol. The van der Waals surface area contributed by atoms with Crippen molar-refractivity contribution in [2.24, 2.45) is 5.41 Å². The molecule has 5 heteroatoms. The van der Waals surface area contributed by atoms with Crippen molar-refractivity contribution in [3.8, 4) is 0 Å². The van der Waals surface area contributed by atoms with Crippen molar-refractivity contribution < 1.29 is 4.79 Å². The molecule has 0 atom stereocenters. The second-order valence-corrected chi connectivity index (χ2v) is 3.85. The number of hydrogen-bond acceptors (Lipinski definition) is 3. The normalized spacial score (nSPS) is 11.2. The van der Waals surface area contributed by atoms with Gasteiger partial charge in [-0.1, -0.05) is 6.92 Å². The highest BCUT2D eigenvalue weighted by atomic mass is 16.2. The minimum absolute atomic E-state index is 0.0794. The summed E-state index contributed by atoms with van der Waals surface area (Å²) in [4.78, 5) is 11.1. The maximum atomic E-state index is 11.1. The molecule has 4 N–H and O–H groups in total. The maximum absolute atomic E-state index is 11.1. The van der Waals surface area contributed by atoms with E-state index in [4.69, 9.17) is 0 Å². The minimum Gasteiger partial charge on any atom is -0.341 e. The molecule has 90 valence electrons. The summed E-state index contributed by atoms with van der Waals surface area (Å²) in [6.45, 7) is 4.58. The third-order valence-corrected chi connectivity index (χ3v) is 2.70. The molecule has 0 saturated carbocycles. The largest absolute Gasteiger partial charge is 0.341 e. The molecule has 0 radical (unpaired) electrons. The highest BCUT2D eigenvalue weighted by molar-refractivity contribution is 5.73. The topological polar surface area (TPSA) is 65.2 Å². The van der Waals surface area contributed by atoms with Gasteiger partial charge in [0.2, 0.25) is 0 Å². The molecule has 2 amide bonds. The van der Waals surface area contributed by atoms with Gasteiger partial charge in [-0.05, 0) is 20.5 Å². The molecule has 0 aliphatic carbocycles. The Balaban J connectivity index is 4.26. The van der Waals surface area contributed by atoms with Crippen LogP contribution < -0.4 is 21.3 Å². The van der Waals surface area contributed by atoms with Gasteiger partial charge in [-0.25, -0.2) is 4.79 Å². The summed E-state index contributed by atoms with van der Waals surface area (Å²) in [5, 5.41) is 11.8. The second kappa shape index (κ2) is 7.48. The van der Waals surface area contributed by atoms with Crippen LogP contribution >= 0.6 is 0 Å². The quantitative estimate of drug-likeness (QED) is 0.474. The molecule has 5 nitrogen and oxygen atoms in total. The first-order chi connectivity index (χ1) is 7.14. The molecule has 0 fully saturated rings. The van der Waals surface area contributed by atoms with Gasteiger partial charge in [0.15, 0.2) is 0 Å². The van der Waals surface area contributed by atoms with Gasteiger partial charge in [-0.3, -0.25) is 0 Å². The van der Waals surface area contributed by atoms with Crippen LogP contribution in [0.3, 0.4) is 0 Å². The number of carbonyl (C=O) groups excluding carboxylic acids is 1. The van der Waals surface area contributed by atoms with Crippen molar-refractivity contribution >= 4 is 6.03 Å². The van der Waals surface area contributed by atoms with Crippen molar-refractivity contribution in [3.05, 3.63) is 0 Å². The lowest BCUT2D eigenvalue weighted by Crippen LogP contribution is -2.49. The Morgan fingerprint density at radius 1 is 1.07 bits per heavy atom. The van der Waals surface area contributed by atoms with Crippen LogP contribution in [0.5, 0.6) is 0 Å². The highest BCUT2D eigenvalue weighted by Gasteiger charge is 2.27. The van der Waals surface area contributed by atoms with E-state index >= 15 is 0 Å². The standard InChI is InChI=1S/C10H24N4O/c1-5-10(6-11-2,7-12-3)8-14-9(15)13-4/h11-12H,5-8H2,1-4H3,(H2,13,14,15). The Labute approximate surface area is 92.4 Å². The molecule has 0 bridgehead atoms. The minimum atomic E-state index is -0.125. The van der Waals surface area contributed by atoms with Gasteiger partial charge in [0.1, 0.15) is 0 Å². The van der Waals surface area contributed by atoms with E-state index in [0.29, 0.717) is 6.54 Å². The van der Waals surface area contributed by atoms with Gasteiger partial charge >= 0.3 is 6.03 Å². The summed E-state index contributed by atoms with van der Waals surface area (Å²) >= 11 is 0. The van der Waals surface area contributed by atoms with Crippen molar-refractivity contribution in [1.29, 1.82) is 0 Å². The van der Waals surface area contributed by atoms with Crippen molar-refractivity contribution in [2.45, 2.75) is 13.3 Å². The summed E-state index contributed by atoms with van der Waals surface area (Å²) in [7, 11) is 5.49. The van der Waals surface area contributed by atoms with Crippen LogP contribution in [0.1, 0.15) is 13.3 Å². The van der Waals surface area contributed by atoms with E-state index in [9.17, 15) is 4.79 Å². The molecule has 0 unspecified atom stereocenters. The molecule has 0 aromatic rings. The molecular formula is C10H24N4O. The SMILES string of the molecule is CCC(CNC)(CNC)CNC(=O)NC. The number of rotatable bonds is 7. The van der Waals surface area contributed by atoms with E-state index in [1.54, 1.807) is 7.05 Å². The average Bonchev–Trinajstić information content (AvgIpc) is 2.26. The first kappa shape index (κ1) is 14.2. The maximum Gasteiger partial charge on any atom is 0.314 e. The van der Waals surface area contributed by atoms with Crippen molar-refractivity contribution in [2.75, 3.05) is 40.8 Å². The van der Waals surface area contributed by atoms with Crippen LogP contribution in [0, 0.1) is 5.41 Å². The molecule has 0 spiro atoms. The van der Waals surface area contributed by atoms with Crippen molar-refractivity contribution in [1.82, 2.24) is 21.3 Å². The average molecular weight is 216 g/mol. The van der Waals surface area contributed by atoms with Gasteiger partial charge < -0.3 is 21.3 Å². The lowest BCUT2D eigenvalue weighted by molar-refractivity contribution is 0.221. The molecule has 0 aliphatic heterocycles. The van der Waals surface area contributed by atoms with Crippen LogP contribution in [-0.4, -0.2) is 46.8 Å². The zero-order chi connectivity index (χ0) is 11.7. The Bertz CT molecular complexity index is 178. The van der Waals surface area contributed by atoms with Gasteiger partial charge in [0.05, 0.1) is 0 Å². The lowest BCUT2D eigenvalue weighted by atomic mass is 9.84. The first-order valence-electron chi connectivity index (χ1n) is 5.39. The Kier molecular flexibility index (Phi) is 7.07. The van der Waals surface area contributed by atoms with E-state index in [1.165, 1.54) is 0 Å². The first-order valence-corrected chi connectivity index (χ1v) is 5.39. The van der Waals surface area contributed by atoms with Crippen LogP contribution in [0.4, 0.5) is 4.79 Å². The number of nitrogens with one attached hydrogen (secondary N) is 4. The molecule has 0 rings (SSSR count). The summed E-state index contributed by atoms with van der Waals surface area (Å²) in [6.07, 6.45) is 1.01. The number of hydrogen-bond donors (Lipinski definition) is 4. The van der Waals surface area contributed by atoms with Gasteiger partial charge in [0.25, 0.3) is 0 Å².